The Morgan fingerprint density at radius 1 is 1.43 bits per heavy atom. The van der Waals surface area contributed by atoms with Crippen LogP contribution in [0.3, 0.4) is 0 Å². The molecule has 0 aromatic heterocycles. The van der Waals surface area contributed by atoms with Crippen molar-refractivity contribution in [1.29, 1.82) is 0 Å². The first-order valence-corrected chi connectivity index (χ1v) is 7.40. The second-order valence-corrected chi connectivity index (χ2v) is 5.40. The molecule has 1 aromatic carbocycles. The molecule has 0 aliphatic carbocycles. The van der Waals surface area contributed by atoms with Gasteiger partial charge in [-0.2, -0.15) is 0 Å². The van der Waals surface area contributed by atoms with Crippen LogP contribution in [0.5, 0.6) is 0 Å². The summed E-state index contributed by atoms with van der Waals surface area (Å²) in [6.07, 6.45) is 2.01. The fourth-order valence-electron chi connectivity index (χ4n) is 2.84. The maximum atomic E-state index is 13.0. The highest BCUT2D eigenvalue weighted by atomic mass is 35.5. The molecule has 1 aliphatic rings. The number of carbonyl (C=O) groups is 1. The first-order valence-electron chi connectivity index (χ1n) is 7.40. The zero-order valence-electron chi connectivity index (χ0n) is 12.6. The summed E-state index contributed by atoms with van der Waals surface area (Å²) in [6.45, 7) is 6.45. The summed E-state index contributed by atoms with van der Waals surface area (Å²) in [6, 6.07) is 6.40. The van der Waals surface area contributed by atoms with E-state index >= 15 is 0 Å². The van der Waals surface area contributed by atoms with Gasteiger partial charge in [-0.15, -0.1) is 12.4 Å². The molecule has 1 N–H and O–H groups in total. The number of nitrogens with one attached hydrogen (secondary N) is 1. The molecule has 0 saturated carbocycles. The minimum Gasteiger partial charge on any atom is -0.336 e. The van der Waals surface area contributed by atoms with Crippen molar-refractivity contribution in [3.05, 3.63) is 35.6 Å². The van der Waals surface area contributed by atoms with E-state index in [1.165, 1.54) is 12.1 Å². The molecule has 2 atom stereocenters. The van der Waals surface area contributed by atoms with Gasteiger partial charge in [-0.25, -0.2) is 4.39 Å². The van der Waals surface area contributed by atoms with E-state index in [4.69, 9.17) is 0 Å². The normalized spacial score (nSPS) is 19.5. The topological polar surface area (TPSA) is 32.3 Å². The number of carbonyl (C=O) groups excluding carboxylic acids is 1. The van der Waals surface area contributed by atoms with Crippen molar-refractivity contribution in [3.63, 3.8) is 0 Å². The van der Waals surface area contributed by atoms with Crippen molar-refractivity contribution in [2.45, 2.75) is 32.7 Å². The van der Waals surface area contributed by atoms with Crippen molar-refractivity contribution >= 4 is 18.3 Å². The van der Waals surface area contributed by atoms with Crippen LogP contribution < -0.4 is 5.32 Å². The Balaban J connectivity index is 0.00000220. The van der Waals surface area contributed by atoms with Gasteiger partial charge in [0.2, 0.25) is 5.91 Å². The van der Waals surface area contributed by atoms with Crippen LogP contribution in [0.15, 0.2) is 24.3 Å². The molecule has 1 aliphatic heterocycles. The van der Waals surface area contributed by atoms with Gasteiger partial charge in [0.05, 0.1) is 12.0 Å². The van der Waals surface area contributed by atoms with Gasteiger partial charge in [0, 0.05) is 13.1 Å². The number of halogens is 2. The highest BCUT2D eigenvalue weighted by molar-refractivity contribution is 5.85. The van der Waals surface area contributed by atoms with E-state index in [1.54, 1.807) is 12.1 Å². The van der Waals surface area contributed by atoms with Gasteiger partial charge in [0.1, 0.15) is 5.82 Å². The molecule has 1 unspecified atom stereocenters. The molecule has 21 heavy (non-hydrogen) atoms. The van der Waals surface area contributed by atoms with E-state index in [9.17, 15) is 9.18 Å². The molecule has 1 heterocycles. The maximum Gasteiger partial charge on any atom is 0.227 e. The molecule has 0 radical (unpaired) electrons. The summed E-state index contributed by atoms with van der Waals surface area (Å²) in [5, 5.41) is 3.28. The Morgan fingerprint density at radius 2 is 2.10 bits per heavy atom. The summed E-state index contributed by atoms with van der Waals surface area (Å²) >= 11 is 0. The largest absolute Gasteiger partial charge is 0.336 e. The van der Waals surface area contributed by atoms with Gasteiger partial charge < -0.3 is 10.2 Å². The van der Waals surface area contributed by atoms with E-state index in [1.807, 2.05) is 18.7 Å². The molecule has 1 aromatic rings. The van der Waals surface area contributed by atoms with Crippen LogP contribution >= 0.6 is 12.4 Å². The lowest BCUT2D eigenvalue weighted by atomic mass is 9.96. The molecule has 0 bridgehead atoms. The Labute approximate surface area is 132 Å². The molecule has 1 fully saturated rings. The molecule has 1 saturated heterocycles. The fraction of sp³-hybridized carbons (Fsp3) is 0.562. The monoisotopic (exact) mass is 314 g/mol. The van der Waals surface area contributed by atoms with E-state index in [0.29, 0.717) is 6.54 Å². The number of amides is 1. The van der Waals surface area contributed by atoms with Gasteiger partial charge >= 0.3 is 0 Å². The number of piperidine rings is 1. The van der Waals surface area contributed by atoms with Crippen LogP contribution in [0.1, 0.15) is 38.3 Å². The maximum absolute atomic E-state index is 13.0. The van der Waals surface area contributed by atoms with Gasteiger partial charge in [-0.05, 0) is 50.9 Å². The smallest absolute Gasteiger partial charge is 0.227 e. The standard InChI is InChI=1S/C16H23FN2O.ClH/c1-3-19(16(20)14-5-4-10-18-11-14)12(2)13-6-8-15(17)9-7-13;/h6-9,12,14,18H,3-5,10-11H2,1-2H3;1H/t12?,14-;/m1./s1. The van der Waals surface area contributed by atoms with E-state index in [2.05, 4.69) is 5.32 Å². The van der Waals surface area contributed by atoms with Gasteiger partial charge in [-0.1, -0.05) is 12.1 Å². The minimum atomic E-state index is -0.244. The Morgan fingerprint density at radius 3 is 2.62 bits per heavy atom. The molecule has 1 amide bonds. The SMILES string of the molecule is CCN(C(=O)[C@@H]1CCCNC1)C(C)c1ccc(F)cc1.Cl. The Kier molecular flexibility index (Phi) is 7.12. The lowest BCUT2D eigenvalue weighted by Gasteiger charge is -2.33. The third-order valence-corrected chi connectivity index (χ3v) is 4.09. The highest BCUT2D eigenvalue weighted by Gasteiger charge is 2.28. The van der Waals surface area contributed by atoms with Crippen LogP contribution in [-0.2, 0) is 4.79 Å². The van der Waals surface area contributed by atoms with Crippen LogP contribution in [0.2, 0.25) is 0 Å². The Bertz CT molecular complexity index is 446. The average Bonchev–Trinajstić information content (AvgIpc) is 2.49. The minimum absolute atomic E-state index is 0. The van der Waals surface area contributed by atoms with Crippen LogP contribution in [0, 0.1) is 11.7 Å². The third kappa shape index (κ3) is 4.42. The van der Waals surface area contributed by atoms with Crippen molar-refractivity contribution < 1.29 is 9.18 Å². The zero-order chi connectivity index (χ0) is 14.5. The second kappa shape index (κ2) is 8.35. The summed E-state index contributed by atoms with van der Waals surface area (Å²) in [5.74, 6) is 0.0370. The quantitative estimate of drug-likeness (QED) is 0.926. The number of rotatable bonds is 4. The van der Waals surface area contributed by atoms with Crippen LogP contribution in [0.25, 0.3) is 0 Å². The van der Waals surface area contributed by atoms with Crippen LogP contribution in [-0.4, -0.2) is 30.4 Å². The molecular weight excluding hydrogens is 291 g/mol. The predicted molar refractivity (Wildman–Crippen MR) is 85.0 cm³/mol. The van der Waals surface area contributed by atoms with Crippen molar-refractivity contribution in [2.24, 2.45) is 5.92 Å². The number of nitrogens with zero attached hydrogens (tertiary/aromatic N) is 1. The first kappa shape index (κ1) is 17.9. The summed E-state index contributed by atoms with van der Waals surface area (Å²) in [4.78, 5) is 14.5. The van der Waals surface area contributed by atoms with E-state index < -0.39 is 0 Å². The molecule has 3 nitrogen and oxygen atoms in total. The molecule has 2 rings (SSSR count). The molecular formula is C16H24ClFN2O. The summed E-state index contributed by atoms with van der Waals surface area (Å²) < 4.78 is 13.0. The Hall–Kier alpha value is -1.13. The third-order valence-electron chi connectivity index (χ3n) is 4.09. The molecule has 118 valence electrons. The van der Waals surface area contributed by atoms with Crippen molar-refractivity contribution in [2.75, 3.05) is 19.6 Å². The highest BCUT2D eigenvalue weighted by Crippen LogP contribution is 2.24. The van der Waals surface area contributed by atoms with Gasteiger partial charge in [0.15, 0.2) is 0 Å². The lowest BCUT2D eigenvalue weighted by Crippen LogP contribution is -2.43. The fourth-order valence-corrected chi connectivity index (χ4v) is 2.84. The summed E-state index contributed by atoms with van der Waals surface area (Å²) in [7, 11) is 0. The van der Waals surface area contributed by atoms with Crippen LogP contribution in [0.4, 0.5) is 4.39 Å². The van der Waals surface area contributed by atoms with Gasteiger partial charge in [0.25, 0.3) is 0 Å². The van der Waals surface area contributed by atoms with Gasteiger partial charge in [-0.3, -0.25) is 4.79 Å². The number of hydrogen-bond donors (Lipinski definition) is 1. The molecule has 5 heteroatoms. The number of hydrogen-bond acceptors (Lipinski definition) is 2. The number of benzene rings is 1. The summed E-state index contributed by atoms with van der Waals surface area (Å²) in [5.41, 5.74) is 0.977. The second-order valence-electron chi connectivity index (χ2n) is 5.40. The van der Waals surface area contributed by atoms with E-state index in [-0.39, 0.29) is 36.1 Å². The average molecular weight is 315 g/mol. The molecule has 0 spiro atoms. The zero-order valence-corrected chi connectivity index (χ0v) is 13.5. The predicted octanol–water partition coefficient (Wildman–Crippen LogP) is 3.16. The van der Waals surface area contributed by atoms with Crippen molar-refractivity contribution in [1.82, 2.24) is 10.2 Å². The van der Waals surface area contributed by atoms with E-state index in [0.717, 1.165) is 31.5 Å². The van der Waals surface area contributed by atoms with Crippen molar-refractivity contribution in [3.8, 4) is 0 Å². The first-order chi connectivity index (χ1) is 9.63. The lowest BCUT2D eigenvalue weighted by molar-refractivity contribution is -0.138.